The summed E-state index contributed by atoms with van der Waals surface area (Å²) in [6.07, 6.45) is 8.00. The predicted octanol–water partition coefficient (Wildman–Crippen LogP) is 3.56. The lowest BCUT2D eigenvalue weighted by Gasteiger charge is -2.21. The summed E-state index contributed by atoms with van der Waals surface area (Å²) in [5.74, 6) is 1.20. The standard InChI is InChI=1S/C14H21NO/c1-15-13-8-7-12(10-14(13)16)9-11-5-3-2-4-6-11/h7-8,10-11,15-16H,2-6,9H2,1H3. The van der Waals surface area contributed by atoms with Crippen LogP contribution in [0, 0.1) is 5.92 Å². The third kappa shape index (κ3) is 2.69. The second kappa shape index (κ2) is 5.24. The van der Waals surface area contributed by atoms with Gasteiger partial charge in [-0.25, -0.2) is 0 Å². The van der Waals surface area contributed by atoms with E-state index in [0.29, 0.717) is 5.75 Å². The number of hydrogen-bond acceptors (Lipinski definition) is 2. The zero-order chi connectivity index (χ0) is 11.4. The number of phenolic OH excluding ortho intramolecular Hbond substituents is 1. The van der Waals surface area contributed by atoms with E-state index in [9.17, 15) is 5.11 Å². The van der Waals surface area contributed by atoms with Crippen molar-refractivity contribution in [3.8, 4) is 5.75 Å². The maximum absolute atomic E-state index is 9.76. The van der Waals surface area contributed by atoms with Crippen LogP contribution in [0.5, 0.6) is 5.75 Å². The van der Waals surface area contributed by atoms with E-state index in [2.05, 4.69) is 11.4 Å². The molecule has 0 heterocycles. The topological polar surface area (TPSA) is 32.3 Å². The van der Waals surface area contributed by atoms with Crippen LogP contribution < -0.4 is 5.32 Å². The van der Waals surface area contributed by atoms with Crippen molar-refractivity contribution in [2.45, 2.75) is 38.5 Å². The van der Waals surface area contributed by atoms with Gasteiger partial charge in [-0.3, -0.25) is 0 Å². The minimum absolute atomic E-state index is 0.371. The number of nitrogens with one attached hydrogen (secondary N) is 1. The summed E-state index contributed by atoms with van der Waals surface area (Å²) in [5.41, 5.74) is 2.08. The first-order valence-corrected chi connectivity index (χ1v) is 6.29. The highest BCUT2D eigenvalue weighted by molar-refractivity contribution is 5.56. The number of phenols is 1. The third-order valence-corrected chi connectivity index (χ3v) is 3.58. The van der Waals surface area contributed by atoms with Gasteiger partial charge in [-0.2, -0.15) is 0 Å². The summed E-state index contributed by atoms with van der Waals surface area (Å²) in [6, 6.07) is 5.99. The number of hydrogen-bond donors (Lipinski definition) is 2. The van der Waals surface area contributed by atoms with Gasteiger partial charge in [-0.1, -0.05) is 38.2 Å². The van der Waals surface area contributed by atoms with Gasteiger partial charge in [0.2, 0.25) is 0 Å². The van der Waals surface area contributed by atoms with Gasteiger partial charge in [-0.15, -0.1) is 0 Å². The second-order valence-electron chi connectivity index (χ2n) is 4.81. The van der Waals surface area contributed by atoms with Gasteiger partial charge in [0, 0.05) is 7.05 Å². The molecule has 0 unspecified atom stereocenters. The van der Waals surface area contributed by atoms with Crippen LogP contribution >= 0.6 is 0 Å². The van der Waals surface area contributed by atoms with Crippen LogP contribution in [0.15, 0.2) is 18.2 Å². The van der Waals surface area contributed by atoms with E-state index in [1.807, 2.05) is 19.2 Å². The van der Waals surface area contributed by atoms with Crippen molar-refractivity contribution in [2.75, 3.05) is 12.4 Å². The average Bonchev–Trinajstić information content (AvgIpc) is 2.31. The summed E-state index contributed by atoms with van der Waals surface area (Å²) >= 11 is 0. The van der Waals surface area contributed by atoms with Crippen LogP contribution in [0.2, 0.25) is 0 Å². The molecule has 1 fully saturated rings. The fourth-order valence-corrected chi connectivity index (χ4v) is 2.64. The predicted molar refractivity (Wildman–Crippen MR) is 67.9 cm³/mol. The SMILES string of the molecule is CNc1ccc(CC2CCCCC2)cc1O. The summed E-state index contributed by atoms with van der Waals surface area (Å²) in [6.45, 7) is 0. The zero-order valence-electron chi connectivity index (χ0n) is 10.00. The highest BCUT2D eigenvalue weighted by Gasteiger charge is 2.14. The fraction of sp³-hybridized carbons (Fsp3) is 0.571. The zero-order valence-corrected chi connectivity index (χ0v) is 10.00. The molecule has 2 N–H and O–H groups in total. The van der Waals surface area contributed by atoms with Crippen LogP contribution in [0.4, 0.5) is 5.69 Å². The summed E-state index contributed by atoms with van der Waals surface area (Å²) in [7, 11) is 1.83. The Hall–Kier alpha value is -1.18. The van der Waals surface area contributed by atoms with Crippen LogP contribution in [0.1, 0.15) is 37.7 Å². The largest absolute Gasteiger partial charge is 0.506 e. The molecule has 1 aliphatic carbocycles. The minimum atomic E-state index is 0.371. The molecule has 2 rings (SSSR count). The summed E-state index contributed by atoms with van der Waals surface area (Å²) in [5, 5.41) is 12.7. The van der Waals surface area contributed by atoms with Crippen LogP contribution in [-0.2, 0) is 6.42 Å². The molecule has 88 valence electrons. The summed E-state index contributed by atoms with van der Waals surface area (Å²) in [4.78, 5) is 0. The molecule has 0 aliphatic heterocycles. The molecular formula is C14H21NO. The molecule has 1 saturated carbocycles. The van der Waals surface area contributed by atoms with Crippen molar-refractivity contribution in [2.24, 2.45) is 5.92 Å². The van der Waals surface area contributed by atoms with Crippen molar-refractivity contribution in [3.63, 3.8) is 0 Å². The Kier molecular flexibility index (Phi) is 3.70. The highest BCUT2D eigenvalue weighted by atomic mass is 16.3. The van der Waals surface area contributed by atoms with Crippen molar-refractivity contribution in [1.29, 1.82) is 0 Å². The van der Waals surface area contributed by atoms with Gasteiger partial charge in [0.05, 0.1) is 5.69 Å². The average molecular weight is 219 g/mol. The molecular weight excluding hydrogens is 198 g/mol. The molecule has 2 heteroatoms. The fourth-order valence-electron chi connectivity index (χ4n) is 2.64. The van der Waals surface area contributed by atoms with Gasteiger partial charge in [0.1, 0.15) is 5.75 Å². The Morgan fingerprint density at radius 1 is 1.25 bits per heavy atom. The lowest BCUT2D eigenvalue weighted by atomic mass is 9.85. The number of anilines is 1. The van der Waals surface area contributed by atoms with E-state index in [1.54, 1.807) is 0 Å². The number of benzene rings is 1. The van der Waals surface area contributed by atoms with E-state index in [1.165, 1.54) is 37.7 Å². The van der Waals surface area contributed by atoms with Gasteiger partial charge in [0.25, 0.3) is 0 Å². The van der Waals surface area contributed by atoms with Gasteiger partial charge < -0.3 is 10.4 Å². The lowest BCUT2D eigenvalue weighted by molar-refractivity contribution is 0.356. The quantitative estimate of drug-likeness (QED) is 0.762. The van der Waals surface area contributed by atoms with E-state index < -0.39 is 0 Å². The first-order valence-electron chi connectivity index (χ1n) is 6.29. The maximum Gasteiger partial charge on any atom is 0.138 e. The molecule has 0 radical (unpaired) electrons. The van der Waals surface area contributed by atoms with Crippen LogP contribution in [0.3, 0.4) is 0 Å². The van der Waals surface area contributed by atoms with Gasteiger partial charge >= 0.3 is 0 Å². The molecule has 0 atom stereocenters. The normalized spacial score (nSPS) is 17.3. The van der Waals surface area contributed by atoms with Crippen molar-refractivity contribution in [3.05, 3.63) is 23.8 Å². The van der Waals surface area contributed by atoms with Crippen molar-refractivity contribution < 1.29 is 5.11 Å². The molecule has 1 aromatic rings. The first kappa shape index (κ1) is 11.3. The van der Waals surface area contributed by atoms with Gasteiger partial charge in [0.15, 0.2) is 0 Å². The van der Waals surface area contributed by atoms with E-state index >= 15 is 0 Å². The monoisotopic (exact) mass is 219 g/mol. The van der Waals surface area contributed by atoms with Crippen LogP contribution in [-0.4, -0.2) is 12.2 Å². The highest BCUT2D eigenvalue weighted by Crippen LogP contribution is 2.29. The third-order valence-electron chi connectivity index (χ3n) is 3.58. The van der Waals surface area contributed by atoms with E-state index in [4.69, 9.17) is 0 Å². The molecule has 1 aromatic carbocycles. The second-order valence-corrected chi connectivity index (χ2v) is 4.81. The van der Waals surface area contributed by atoms with Gasteiger partial charge in [-0.05, 0) is 30.0 Å². The molecule has 0 amide bonds. The Morgan fingerprint density at radius 3 is 2.62 bits per heavy atom. The van der Waals surface area contributed by atoms with Crippen LogP contribution in [0.25, 0.3) is 0 Å². The van der Waals surface area contributed by atoms with E-state index in [0.717, 1.165) is 18.0 Å². The molecule has 2 nitrogen and oxygen atoms in total. The Bertz CT molecular complexity index is 343. The molecule has 0 bridgehead atoms. The smallest absolute Gasteiger partial charge is 0.138 e. The Morgan fingerprint density at radius 2 is 2.00 bits per heavy atom. The van der Waals surface area contributed by atoms with Crippen molar-refractivity contribution in [1.82, 2.24) is 0 Å². The Labute approximate surface area is 97.7 Å². The molecule has 0 saturated heterocycles. The number of aromatic hydroxyl groups is 1. The minimum Gasteiger partial charge on any atom is -0.506 e. The first-order chi connectivity index (χ1) is 7.79. The molecule has 1 aliphatic rings. The summed E-state index contributed by atoms with van der Waals surface area (Å²) < 4.78 is 0. The lowest BCUT2D eigenvalue weighted by Crippen LogP contribution is -2.09. The van der Waals surface area contributed by atoms with E-state index in [-0.39, 0.29) is 0 Å². The molecule has 0 aromatic heterocycles. The molecule has 0 spiro atoms. The number of rotatable bonds is 3. The molecule has 16 heavy (non-hydrogen) atoms. The van der Waals surface area contributed by atoms with Crippen molar-refractivity contribution >= 4 is 5.69 Å². The maximum atomic E-state index is 9.76. The Balaban J connectivity index is 2.01.